The number of hydrogen-bond donors (Lipinski definition) is 2. The number of benzene rings is 3. The van der Waals surface area contributed by atoms with Crippen molar-refractivity contribution < 1.29 is 18.6 Å². The average Bonchev–Trinajstić information content (AvgIpc) is 2.58. The molecule has 0 saturated carbocycles. The van der Waals surface area contributed by atoms with Gasteiger partial charge in [0.15, 0.2) is 11.5 Å². The summed E-state index contributed by atoms with van der Waals surface area (Å²) in [4.78, 5) is 2.05. The van der Waals surface area contributed by atoms with Crippen molar-refractivity contribution in [2.75, 3.05) is 0 Å². The molecule has 0 aliphatic heterocycles. The third-order valence-corrected chi connectivity index (χ3v) is 6.15. The van der Waals surface area contributed by atoms with Crippen LogP contribution in [0.1, 0.15) is 0 Å². The topological polar surface area (TPSA) is 74.6 Å². The Bertz CT molecular complexity index is 950. The second-order valence-corrected chi connectivity index (χ2v) is 8.14. The predicted octanol–water partition coefficient (Wildman–Crippen LogP) is 4.08. The highest BCUT2D eigenvalue weighted by Gasteiger charge is 2.19. The highest BCUT2D eigenvalue weighted by Crippen LogP contribution is 2.32. The Kier molecular flexibility index (Phi) is 4.51. The molecule has 0 bridgehead atoms. The number of aromatic hydroxyl groups is 2. The fraction of sp³-hybridized carbons (Fsp3) is 0. The predicted molar refractivity (Wildman–Crippen MR) is 92.2 cm³/mol. The molecule has 0 aliphatic carbocycles. The first kappa shape index (κ1) is 16.4. The van der Waals surface area contributed by atoms with E-state index >= 15 is 0 Å². The SMILES string of the molecule is O=S(=O)(c1ccc(Sc2ccccc2)cc1)c1ccc(O)c(O)c1. The Balaban J connectivity index is 1.88. The zero-order valence-corrected chi connectivity index (χ0v) is 14.1. The monoisotopic (exact) mass is 358 g/mol. The van der Waals surface area contributed by atoms with Crippen LogP contribution in [0.25, 0.3) is 0 Å². The quantitative estimate of drug-likeness (QED) is 0.687. The van der Waals surface area contributed by atoms with E-state index < -0.39 is 15.6 Å². The van der Waals surface area contributed by atoms with Gasteiger partial charge in [0.05, 0.1) is 9.79 Å². The van der Waals surface area contributed by atoms with Crippen molar-refractivity contribution in [2.24, 2.45) is 0 Å². The van der Waals surface area contributed by atoms with Gasteiger partial charge < -0.3 is 10.2 Å². The van der Waals surface area contributed by atoms with Crippen LogP contribution in [0.2, 0.25) is 0 Å². The molecule has 6 heteroatoms. The standard InChI is InChI=1S/C18H14O4S2/c19-17-11-10-16(12-18(17)20)24(21,22)15-8-6-14(7-9-15)23-13-4-2-1-3-5-13/h1-12,19-20H. The molecular weight excluding hydrogens is 344 g/mol. The highest BCUT2D eigenvalue weighted by atomic mass is 32.2. The van der Waals surface area contributed by atoms with E-state index in [1.165, 1.54) is 30.0 Å². The van der Waals surface area contributed by atoms with Crippen molar-refractivity contribution in [2.45, 2.75) is 19.6 Å². The van der Waals surface area contributed by atoms with Crippen LogP contribution < -0.4 is 0 Å². The van der Waals surface area contributed by atoms with E-state index in [0.717, 1.165) is 21.9 Å². The van der Waals surface area contributed by atoms with Gasteiger partial charge in [-0.3, -0.25) is 0 Å². The summed E-state index contributed by atoms with van der Waals surface area (Å²) in [6.45, 7) is 0. The van der Waals surface area contributed by atoms with Crippen LogP contribution in [-0.4, -0.2) is 18.6 Å². The van der Waals surface area contributed by atoms with Crippen molar-refractivity contribution in [3.05, 3.63) is 72.8 Å². The van der Waals surface area contributed by atoms with E-state index in [9.17, 15) is 18.6 Å². The summed E-state index contributed by atoms with van der Waals surface area (Å²) in [5, 5.41) is 18.8. The Morgan fingerprint density at radius 3 is 1.88 bits per heavy atom. The first-order valence-electron chi connectivity index (χ1n) is 7.07. The Labute approximate surface area is 144 Å². The molecule has 0 heterocycles. The molecule has 0 unspecified atom stereocenters. The van der Waals surface area contributed by atoms with Crippen molar-refractivity contribution in [3.63, 3.8) is 0 Å². The third kappa shape index (κ3) is 3.39. The summed E-state index contributed by atoms with van der Waals surface area (Å²) in [6, 6.07) is 19.8. The van der Waals surface area contributed by atoms with Gasteiger partial charge in [-0.05, 0) is 48.5 Å². The van der Waals surface area contributed by atoms with Crippen molar-refractivity contribution in [1.82, 2.24) is 0 Å². The number of phenols is 2. The minimum Gasteiger partial charge on any atom is -0.504 e. The number of sulfone groups is 1. The van der Waals surface area contributed by atoms with Crippen LogP contribution in [0.3, 0.4) is 0 Å². The summed E-state index contributed by atoms with van der Waals surface area (Å²) in [5.41, 5.74) is 0. The zero-order chi connectivity index (χ0) is 17.2. The maximum atomic E-state index is 12.6. The van der Waals surface area contributed by atoms with Gasteiger partial charge in [0.2, 0.25) is 9.84 Å². The third-order valence-electron chi connectivity index (χ3n) is 3.37. The number of hydrogen-bond acceptors (Lipinski definition) is 5. The first-order chi connectivity index (χ1) is 11.5. The summed E-state index contributed by atoms with van der Waals surface area (Å²) in [6.07, 6.45) is 0. The minimum absolute atomic E-state index is 0.0683. The van der Waals surface area contributed by atoms with Gasteiger partial charge in [-0.2, -0.15) is 0 Å². The van der Waals surface area contributed by atoms with E-state index in [-0.39, 0.29) is 15.5 Å². The second-order valence-electron chi connectivity index (χ2n) is 5.04. The van der Waals surface area contributed by atoms with Gasteiger partial charge >= 0.3 is 0 Å². The Morgan fingerprint density at radius 2 is 1.25 bits per heavy atom. The number of phenolic OH excluding ortho intramolecular Hbond substituents is 2. The smallest absolute Gasteiger partial charge is 0.206 e. The molecule has 3 aromatic carbocycles. The maximum Gasteiger partial charge on any atom is 0.206 e. The van der Waals surface area contributed by atoms with E-state index in [4.69, 9.17) is 0 Å². The fourth-order valence-corrected chi connectivity index (χ4v) is 4.24. The number of rotatable bonds is 4. The average molecular weight is 358 g/mol. The van der Waals surface area contributed by atoms with Crippen LogP contribution in [-0.2, 0) is 9.84 Å². The minimum atomic E-state index is -3.75. The van der Waals surface area contributed by atoms with Gasteiger partial charge in [0.1, 0.15) is 0 Å². The molecule has 0 aromatic heterocycles. The second kappa shape index (κ2) is 6.59. The van der Waals surface area contributed by atoms with Crippen LogP contribution in [0, 0.1) is 0 Å². The lowest BCUT2D eigenvalue weighted by Gasteiger charge is -2.07. The van der Waals surface area contributed by atoms with Gasteiger partial charge in [-0.25, -0.2) is 8.42 Å². The molecule has 3 aromatic rings. The van der Waals surface area contributed by atoms with Crippen LogP contribution in [0.4, 0.5) is 0 Å². The summed E-state index contributed by atoms with van der Waals surface area (Å²) < 4.78 is 25.1. The van der Waals surface area contributed by atoms with Crippen molar-refractivity contribution in [1.29, 1.82) is 0 Å². The summed E-state index contributed by atoms with van der Waals surface area (Å²) in [5.74, 6) is -0.823. The highest BCUT2D eigenvalue weighted by molar-refractivity contribution is 7.99. The zero-order valence-electron chi connectivity index (χ0n) is 12.5. The summed E-state index contributed by atoms with van der Waals surface area (Å²) in [7, 11) is -3.75. The molecule has 0 radical (unpaired) electrons. The lowest BCUT2D eigenvalue weighted by atomic mass is 10.3. The fourth-order valence-electron chi connectivity index (χ4n) is 2.12. The van der Waals surface area contributed by atoms with Crippen LogP contribution in [0.15, 0.2) is 92.4 Å². The van der Waals surface area contributed by atoms with Crippen LogP contribution >= 0.6 is 11.8 Å². The van der Waals surface area contributed by atoms with E-state index in [2.05, 4.69) is 0 Å². The van der Waals surface area contributed by atoms with Gasteiger partial charge in [0, 0.05) is 15.9 Å². The molecule has 3 rings (SSSR count). The molecule has 0 atom stereocenters. The summed E-state index contributed by atoms with van der Waals surface area (Å²) >= 11 is 1.54. The lowest BCUT2D eigenvalue weighted by Crippen LogP contribution is -2.01. The molecule has 0 aliphatic rings. The molecule has 24 heavy (non-hydrogen) atoms. The molecule has 0 fully saturated rings. The van der Waals surface area contributed by atoms with Crippen molar-refractivity contribution >= 4 is 21.6 Å². The van der Waals surface area contributed by atoms with Crippen LogP contribution in [0.5, 0.6) is 11.5 Å². The Hall–Kier alpha value is -2.44. The molecule has 122 valence electrons. The van der Waals surface area contributed by atoms with Gasteiger partial charge in [-0.1, -0.05) is 30.0 Å². The maximum absolute atomic E-state index is 12.6. The van der Waals surface area contributed by atoms with E-state index in [1.54, 1.807) is 12.1 Å². The Morgan fingerprint density at radius 1 is 0.667 bits per heavy atom. The van der Waals surface area contributed by atoms with E-state index in [0.29, 0.717) is 0 Å². The molecule has 0 spiro atoms. The van der Waals surface area contributed by atoms with Crippen molar-refractivity contribution in [3.8, 4) is 11.5 Å². The molecule has 2 N–H and O–H groups in total. The molecule has 4 nitrogen and oxygen atoms in total. The lowest BCUT2D eigenvalue weighted by molar-refractivity contribution is 0.402. The normalized spacial score (nSPS) is 11.3. The first-order valence-corrected chi connectivity index (χ1v) is 9.37. The van der Waals surface area contributed by atoms with Gasteiger partial charge in [0.25, 0.3) is 0 Å². The largest absolute Gasteiger partial charge is 0.504 e. The molecule has 0 amide bonds. The van der Waals surface area contributed by atoms with Gasteiger partial charge in [-0.15, -0.1) is 0 Å². The molecule has 0 saturated heterocycles. The molecular formula is C18H14O4S2. The van der Waals surface area contributed by atoms with E-state index in [1.807, 2.05) is 30.3 Å².